The van der Waals surface area contributed by atoms with Crippen LogP contribution in [0.5, 0.6) is 5.75 Å². The Morgan fingerprint density at radius 2 is 2.11 bits per heavy atom. The number of rotatable bonds is 4. The van der Waals surface area contributed by atoms with Gasteiger partial charge in [0.2, 0.25) is 0 Å². The fraction of sp³-hybridized carbons (Fsp3) is 0.214. The van der Waals surface area contributed by atoms with Crippen LogP contribution >= 0.6 is 27.5 Å². The van der Waals surface area contributed by atoms with E-state index < -0.39 is 0 Å². The van der Waals surface area contributed by atoms with E-state index in [-0.39, 0.29) is 18.3 Å². The lowest BCUT2D eigenvalue weighted by molar-refractivity contribution is 0.301. The second-order valence-corrected chi connectivity index (χ2v) is 5.28. The van der Waals surface area contributed by atoms with Crippen LogP contribution in [-0.4, -0.2) is 4.98 Å². The summed E-state index contributed by atoms with van der Waals surface area (Å²) in [4.78, 5) is 4.30. The minimum Gasteiger partial charge on any atom is -0.487 e. The summed E-state index contributed by atoms with van der Waals surface area (Å²) in [5.41, 5.74) is 2.32. The Balaban J connectivity index is 2.14. The molecule has 0 atom stereocenters. The van der Waals surface area contributed by atoms with E-state index in [1.54, 1.807) is 0 Å². The van der Waals surface area contributed by atoms with E-state index in [9.17, 15) is 4.39 Å². The van der Waals surface area contributed by atoms with E-state index in [0.29, 0.717) is 15.9 Å². The molecule has 0 radical (unpaired) electrons. The highest BCUT2D eigenvalue weighted by Gasteiger charge is 2.06. The van der Waals surface area contributed by atoms with Crippen molar-refractivity contribution >= 4 is 27.5 Å². The molecular formula is C14H12BrClFNO. The Labute approximate surface area is 124 Å². The molecule has 100 valence electrons. The van der Waals surface area contributed by atoms with E-state index in [2.05, 4.69) is 20.9 Å². The molecule has 0 aliphatic carbocycles. The Morgan fingerprint density at radius 1 is 1.32 bits per heavy atom. The molecule has 0 saturated heterocycles. The van der Waals surface area contributed by atoms with Crippen molar-refractivity contribution < 1.29 is 9.13 Å². The van der Waals surface area contributed by atoms with Crippen molar-refractivity contribution in [3.63, 3.8) is 0 Å². The summed E-state index contributed by atoms with van der Waals surface area (Å²) in [6.45, 7) is 2.16. The van der Waals surface area contributed by atoms with Crippen LogP contribution in [-0.2, 0) is 12.5 Å². The second kappa shape index (κ2) is 6.35. The van der Waals surface area contributed by atoms with Gasteiger partial charge in [-0.3, -0.25) is 4.98 Å². The first-order valence-electron chi connectivity index (χ1n) is 5.69. The fourth-order valence-electron chi connectivity index (χ4n) is 1.68. The summed E-state index contributed by atoms with van der Waals surface area (Å²) >= 11 is 9.07. The molecule has 2 rings (SSSR count). The van der Waals surface area contributed by atoms with Crippen molar-refractivity contribution in [2.75, 3.05) is 0 Å². The quantitative estimate of drug-likeness (QED) is 0.756. The molecule has 0 spiro atoms. The number of aromatic nitrogens is 1. The summed E-state index contributed by atoms with van der Waals surface area (Å²) in [7, 11) is 0. The fourth-order valence-corrected chi connectivity index (χ4v) is 2.38. The van der Waals surface area contributed by atoms with Crippen LogP contribution in [0.3, 0.4) is 0 Å². The Hall–Kier alpha value is -1.13. The van der Waals surface area contributed by atoms with Crippen LogP contribution < -0.4 is 4.74 Å². The number of halogens is 3. The molecule has 0 aliphatic rings. The zero-order valence-electron chi connectivity index (χ0n) is 10.3. The van der Waals surface area contributed by atoms with E-state index in [0.717, 1.165) is 11.3 Å². The highest BCUT2D eigenvalue weighted by atomic mass is 79.9. The van der Waals surface area contributed by atoms with Gasteiger partial charge in [-0.25, -0.2) is 4.39 Å². The highest BCUT2D eigenvalue weighted by molar-refractivity contribution is 9.10. The standard InChI is InChI=1S/C14H12BrClFNO/c1-9-2-3-14(13(7-16)18-9)19-8-10-4-11(15)6-12(17)5-10/h2-6H,7-8H2,1H3. The molecule has 5 heteroatoms. The highest BCUT2D eigenvalue weighted by Crippen LogP contribution is 2.21. The van der Waals surface area contributed by atoms with Gasteiger partial charge >= 0.3 is 0 Å². The molecule has 1 aromatic heterocycles. The second-order valence-electron chi connectivity index (χ2n) is 4.10. The Morgan fingerprint density at radius 3 is 2.79 bits per heavy atom. The van der Waals surface area contributed by atoms with Crippen molar-refractivity contribution in [1.29, 1.82) is 0 Å². The largest absolute Gasteiger partial charge is 0.487 e. The summed E-state index contributed by atoms with van der Waals surface area (Å²) in [6.07, 6.45) is 0. The molecule has 1 heterocycles. The minimum atomic E-state index is -0.299. The summed E-state index contributed by atoms with van der Waals surface area (Å²) < 4.78 is 19.6. The van der Waals surface area contributed by atoms with Crippen molar-refractivity contribution in [3.8, 4) is 5.75 Å². The van der Waals surface area contributed by atoms with Crippen LogP contribution in [0, 0.1) is 12.7 Å². The van der Waals surface area contributed by atoms with Crippen LogP contribution in [0.15, 0.2) is 34.8 Å². The Kier molecular flexibility index (Phi) is 4.77. The number of alkyl halides is 1. The lowest BCUT2D eigenvalue weighted by Crippen LogP contribution is -2.01. The van der Waals surface area contributed by atoms with Gasteiger partial charge in [-0.1, -0.05) is 15.9 Å². The lowest BCUT2D eigenvalue weighted by Gasteiger charge is -2.10. The molecule has 1 aromatic carbocycles. The number of nitrogens with zero attached hydrogens (tertiary/aromatic N) is 1. The third-order valence-corrected chi connectivity index (χ3v) is 3.23. The molecule has 0 fully saturated rings. The van der Waals surface area contributed by atoms with Gasteiger partial charge in [-0.05, 0) is 42.8 Å². The molecule has 0 amide bonds. The molecule has 0 aliphatic heterocycles. The first-order valence-corrected chi connectivity index (χ1v) is 7.01. The van der Waals surface area contributed by atoms with Crippen LogP contribution in [0.4, 0.5) is 4.39 Å². The van der Waals surface area contributed by atoms with Crippen LogP contribution in [0.25, 0.3) is 0 Å². The first-order chi connectivity index (χ1) is 9.08. The predicted octanol–water partition coefficient (Wildman–Crippen LogP) is 4.61. The molecule has 2 aromatic rings. The number of pyridine rings is 1. The zero-order chi connectivity index (χ0) is 13.8. The monoisotopic (exact) mass is 343 g/mol. The molecule has 0 saturated carbocycles. The molecule has 0 unspecified atom stereocenters. The predicted molar refractivity (Wildman–Crippen MR) is 77.0 cm³/mol. The average Bonchev–Trinajstić information content (AvgIpc) is 2.36. The van der Waals surface area contributed by atoms with Crippen molar-refractivity contribution in [3.05, 3.63) is 57.6 Å². The molecular weight excluding hydrogens is 333 g/mol. The van der Waals surface area contributed by atoms with Gasteiger partial charge in [0.15, 0.2) is 0 Å². The SMILES string of the molecule is Cc1ccc(OCc2cc(F)cc(Br)c2)c(CCl)n1. The summed E-state index contributed by atoms with van der Waals surface area (Å²) in [5.74, 6) is 0.609. The molecule has 2 nitrogen and oxygen atoms in total. The lowest BCUT2D eigenvalue weighted by atomic mass is 10.2. The summed E-state index contributed by atoms with van der Waals surface area (Å²) in [6, 6.07) is 8.33. The van der Waals surface area contributed by atoms with Gasteiger partial charge in [-0.2, -0.15) is 0 Å². The van der Waals surface area contributed by atoms with Gasteiger partial charge in [-0.15, -0.1) is 11.6 Å². The third kappa shape index (κ3) is 3.91. The number of hydrogen-bond acceptors (Lipinski definition) is 2. The van der Waals surface area contributed by atoms with E-state index in [1.165, 1.54) is 12.1 Å². The topological polar surface area (TPSA) is 22.1 Å². The maximum absolute atomic E-state index is 13.2. The van der Waals surface area contributed by atoms with Gasteiger partial charge in [0.25, 0.3) is 0 Å². The van der Waals surface area contributed by atoms with Crippen LogP contribution in [0.2, 0.25) is 0 Å². The van der Waals surface area contributed by atoms with E-state index in [4.69, 9.17) is 16.3 Å². The molecule has 0 N–H and O–H groups in total. The number of ether oxygens (including phenoxy) is 1. The first kappa shape index (κ1) is 14.3. The van der Waals surface area contributed by atoms with E-state index >= 15 is 0 Å². The number of aryl methyl sites for hydroxylation is 1. The smallest absolute Gasteiger partial charge is 0.142 e. The average molecular weight is 345 g/mol. The number of benzene rings is 1. The minimum absolute atomic E-state index is 0.269. The maximum Gasteiger partial charge on any atom is 0.142 e. The van der Waals surface area contributed by atoms with Gasteiger partial charge in [0.05, 0.1) is 11.6 Å². The molecule has 0 bridgehead atoms. The normalized spacial score (nSPS) is 10.5. The zero-order valence-corrected chi connectivity index (χ0v) is 12.6. The van der Waals surface area contributed by atoms with Gasteiger partial charge in [0, 0.05) is 10.2 Å². The Bertz CT molecular complexity index is 571. The van der Waals surface area contributed by atoms with Gasteiger partial charge in [0.1, 0.15) is 18.2 Å². The van der Waals surface area contributed by atoms with Crippen molar-refractivity contribution in [1.82, 2.24) is 4.98 Å². The van der Waals surface area contributed by atoms with Crippen molar-refractivity contribution in [2.45, 2.75) is 19.4 Å². The van der Waals surface area contributed by atoms with Crippen molar-refractivity contribution in [2.24, 2.45) is 0 Å². The van der Waals surface area contributed by atoms with Gasteiger partial charge < -0.3 is 4.74 Å². The number of hydrogen-bond donors (Lipinski definition) is 0. The maximum atomic E-state index is 13.2. The third-order valence-electron chi connectivity index (χ3n) is 2.51. The summed E-state index contributed by atoms with van der Waals surface area (Å²) in [5, 5.41) is 0. The van der Waals surface area contributed by atoms with E-state index in [1.807, 2.05) is 25.1 Å². The van der Waals surface area contributed by atoms with Crippen LogP contribution in [0.1, 0.15) is 17.0 Å². The molecule has 19 heavy (non-hydrogen) atoms.